The smallest absolute Gasteiger partial charge is 0.268 e. The number of rotatable bonds is 8. The third-order valence-electron chi connectivity index (χ3n) is 4.07. The van der Waals surface area contributed by atoms with E-state index >= 15 is 0 Å². The number of carbonyl (C=O) groups is 2. The van der Waals surface area contributed by atoms with Crippen LogP contribution in [0.1, 0.15) is 32.1 Å². The summed E-state index contributed by atoms with van der Waals surface area (Å²) in [7, 11) is 0. The van der Waals surface area contributed by atoms with Gasteiger partial charge >= 0.3 is 0 Å². The van der Waals surface area contributed by atoms with Crippen molar-refractivity contribution in [2.45, 2.75) is 26.5 Å². The summed E-state index contributed by atoms with van der Waals surface area (Å²) in [4.78, 5) is 27.8. The Morgan fingerprint density at radius 2 is 1.85 bits per heavy atom. The normalized spacial score (nSPS) is 14.6. The van der Waals surface area contributed by atoms with Crippen molar-refractivity contribution in [2.75, 3.05) is 13.2 Å². The molecule has 0 radical (unpaired) electrons. The van der Waals surface area contributed by atoms with Crippen molar-refractivity contribution < 1.29 is 18.7 Å². The fourth-order valence-corrected chi connectivity index (χ4v) is 3.93. The average Bonchev–Trinajstić information content (AvgIpc) is 3.23. The summed E-state index contributed by atoms with van der Waals surface area (Å²) in [5.74, 6) is 1.74. The van der Waals surface area contributed by atoms with E-state index in [1.54, 1.807) is 6.26 Å². The van der Waals surface area contributed by atoms with E-state index in [0.29, 0.717) is 29.4 Å². The molecule has 0 fully saturated rings. The van der Waals surface area contributed by atoms with Crippen LogP contribution in [0.25, 0.3) is 5.57 Å². The summed E-state index contributed by atoms with van der Waals surface area (Å²) in [6, 6.07) is 11.0. The Hall–Kier alpha value is -2.47. The Balaban J connectivity index is 1.93. The molecule has 0 atom stereocenters. The van der Waals surface area contributed by atoms with E-state index < -0.39 is 0 Å². The first kappa shape index (κ1) is 19.3. The van der Waals surface area contributed by atoms with Gasteiger partial charge in [0.2, 0.25) is 0 Å². The molecular weight excluding hydrogens is 362 g/mol. The zero-order valence-electron chi connectivity index (χ0n) is 15.7. The number of carbonyl (C=O) groups excluding carboxylic acids is 2. The molecule has 0 N–H and O–H groups in total. The fraction of sp³-hybridized carbons (Fsp3) is 0.333. The lowest BCUT2D eigenvalue weighted by atomic mass is 10.1. The zero-order valence-corrected chi connectivity index (χ0v) is 16.5. The van der Waals surface area contributed by atoms with Crippen molar-refractivity contribution in [1.29, 1.82) is 0 Å². The first-order valence-electron chi connectivity index (χ1n) is 9.00. The number of hydrogen-bond acceptors (Lipinski definition) is 5. The van der Waals surface area contributed by atoms with Crippen LogP contribution in [0.2, 0.25) is 0 Å². The van der Waals surface area contributed by atoms with E-state index in [9.17, 15) is 9.59 Å². The average molecular weight is 385 g/mol. The molecule has 1 aliphatic rings. The molecule has 5 nitrogen and oxygen atoms in total. The minimum atomic E-state index is -0.236. The highest BCUT2D eigenvalue weighted by atomic mass is 32.2. The SMILES string of the molecule is CCOc1ccc(C2=C(SCc3ccco3)C(=O)N(CC(C)C)C2=O)cc1. The van der Waals surface area contributed by atoms with Gasteiger partial charge in [-0.3, -0.25) is 14.5 Å². The third-order valence-corrected chi connectivity index (χ3v) is 5.16. The second-order valence-electron chi connectivity index (χ2n) is 6.64. The van der Waals surface area contributed by atoms with Crippen LogP contribution in [0.3, 0.4) is 0 Å². The van der Waals surface area contributed by atoms with Crippen LogP contribution in [0.4, 0.5) is 0 Å². The number of furan rings is 1. The van der Waals surface area contributed by atoms with Crippen LogP contribution in [-0.4, -0.2) is 29.9 Å². The van der Waals surface area contributed by atoms with Gasteiger partial charge in [0, 0.05) is 6.54 Å². The lowest BCUT2D eigenvalue weighted by Gasteiger charge is -2.17. The Bertz CT molecular complexity index is 838. The van der Waals surface area contributed by atoms with Gasteiger partial charge in [-0.1, -0.05) is 26.0 Å². The number of imide groups is 1. The molecule has 142 valence electrons. The Kier molecular flexibility index (Phi) is 6.06. The van der Waals surface area contributed by atoms with Crippen LogP contribution in [0.5, 0.6) is 5.75 Å². The Morgan fingerprint density at radius 3 is 2.44 bits per heavy atom. The van der Waals surface area contributed by atoms with E-state index in [1.807, 2.05) is 57.2 Å². The first-order chi connectivity index (χ1) is 13.0. The predicted molar refractivity (Wildman–Crippen MR) is 106 cm³/mol. The molecular formula is C21H23NO4S. The van der Waals surface area contributed by atoms with Gasteiger partial charge in [-0.2, -0.15) is 0 Å². The largest absolute Gasteiger partial charge is 0.494 e. The highest BCUT2D eigenvalue weighted by molar-refractivity contribution is 8.03. The number of hydrogen-bond donors (Lipinski definition) is 0. The van der Waals surface area contributed by atoms with Gasteiger partial charge in [0.15, 0.2) is 0 Å². The van der Waals surface area contributed by atoms with E-state index in [4.69, 9.17) is 9.15 Å². The molecule has 6 heteroatoms. The standard InChI is InChI=1S/C21H23NO4S/c1-4-25-16-9-7-15(8-10-16)18-19(27-13-17-6-5-11-26-17)21(24)22(20(18)23)12-14(2)3/h5-11,14H,4,12-13H2,1-3H3. The van der Waals surface area contributed by atoms with Crippen LogP contribution < -0.4 is 4.74 Å². The van der Waals surface area contributed by atoms with Gasteiger partial charge in [-0.15, -0.1) is 11.8 Å². The Morgan fingerprint density at radius 1 is 1.11 bits per heavy atom. The molecule has 1 aliphatic heterocycles. The van der Waals surface area contributed by atoms with Gasteiger partial charge in [0.1, 0.15) is 11.5 Å². The van der Waals surface area contributed by atoms with Gasteiger partial charge in [0.25, 0.3) is 11.8 Å². The minimum absolute atomic E-state index is 0.203. The number of ether oxygens (including phenoxy) is 1. The molecule has 2 aromatic rings. The van der Waals surface area contributed by atoms with Gasteiger partial charge in [-0.25, -0.2) is 0 Å². The highest BCUT2D eigenvalue weighted by Gasteiger charge is 2.39. The van der Waals surface area contributed by atoms with Crippen molar-refractivity contribution in [3.8, 4) is 5.75 Å². The summed E-state index contributed by atoms with van der Waals surface area (Å²) < 4.78 is 10.8. The summed E-state index contributed by atoms with van der Waals surface area (Å²) in [6.45, 7) is 6.88. The number of thioether (sulfide) groups is 1. The van der Waals surface area contributed by atoms with Gasteiger partial charge in [0.05, 0.1) is 29.1 Å². The lowest BCUT2D eigenvalue weighted by Crippen LogP contribution is -2.34. The first-order valence-corrected chi connectivity index (χ1v) is 9.98. The number of amides is 2. The van der Waals surface area contributed by atoms with Crippen LogP contribution in [-0.2, 0) is 15.3 Å². The molecule has 2 heterocycles. The molecule has 0 bridgehead atoms. The van der Waals surface area contributed by atoms with Crippen LogP contribution >= 0.6 is 11.8 Å². The second-order valence-corrected chi connectivity index (χ2v) is 7.63. The molecule has 0 spiro atoms. The maximum absolute atomic E-state index is 13.0. The number of benzene rings is 1. The molecule has 1 aromatic carbocycles. The maximum Gasteiger partial charge on any atom is 0.268 e. The predicted octanol–water partition coefficient (Wildman–Crippen LogP) is 4.35. The van der Waals surface area contributed by atoms with Gasteiger partial charge in [-0.05, 0) is 42.7 Å². The maximum atomic E-state index is 13.0. The highest BCUT2D eigenvalue weighted by Crippen LogP contribution is 2.38. The number of nitrogens with zero attached hydrogens (tertiary/aromatic N) is 1. The lowest BCUT2D eigenvalue weighted by molar-refractivity contribution is -0.137. The van der Waals surface area contributed by atoms with E-state index in [0.717, 1.165) is 17.1 Å². The summed E-state index contributed by atoms with van der Waals surface area (Å²) in [5, 5.41) is 0. The van der Waals surface area contributed by atoms with Crippen LogP contribution in [0, 0.1) is 5.92 Å². The quantitative estimate of drug-likeness (QED) is 0.633. The van der Waals surface area contributed by atoms with Crippen LogP contribution in [0.15, 0.2) is 52.0 Å². The van der Waals surface area contributed by atoms with E-state index in [-0.39, 0.29) is 17.7 Å². The van der Waals surface area contributed by atoms with Gasteiger partial charge < -0.3 is 9.15 Å². The fourth-order valence-electron chi connectivity index (χ4n) is 2.90. The molecule has 0 saturated heterocycles. The molecule has 3 rings (SSSR count). The molecule has 0 saturated carbocycles. The monoisotopic (exact) mass is 385 g/mol. The molecule has 27 heavy (non-hydrogen) atoms. The van der Waals surface area contributed by atoms with E-state index in [2.05, 4.69) is 0 Å². The van der Waals surface area contributed by atoms with E-state index in [1.165, 1.54) is 16.7 Å². The third kappa shape index (κ3) is 4.27. The molecule has 2 amide bonds. The second kappa shape index (κ2) is 8.48. The van der Waals surface area contributed by atoms with Crippen molar-refractivity contribution >= 4 is 29.1 Å². The molecule has 0 unspecified atom stereocenters. The Labute approximate surface area is 163 Å². The summed E-state index contributed by atoms with van der Waals surface area (Å²) in [6.07, 6.45) is 1.60. The summed E-state index contributed by atoms with van der Waals surface area (Å²) >= 11 is 1.34. The van der Waals surface area contributed by atoms with Crippen molar-refractivity contribution in [1.82, 2.24) is 4.90 Å². The topological polar surface area (TPSA) is 59.8 Å². The van der Waals surface area contributed by atoms with Crippen molar-refractivity contribution in [3.63, 3.8) is 0 Å². The molecule has 1 aromatic heterocycles. The zero-order chi connectivity index (χ0) is 19.4. The molecule has 0 aliphatic carbocycles. The summed E-state index contributed by atoms with van der Waals surface area (Å²) in [5.41, 5.74) is 1.19. The minimum Gasteiger partial charge on any atom is -0.494 e. The van der Waals surface area contributed by atoms with Crippen molar-refractivity contribution in [2.24, 2.45) is 5.92 Å². The van der Waals surface area contributed by atoms with Crippen molar-refractivity contribution in [3.05, 3.63) is 58.9 Å².